The van der Waals surface area contributed by atoms with Crippen LogP contribution in [-0.4, -0.2) is 47.2 Å². The molecular formula is C22H22N4O2S2. The van der Waals surface area contributed by atoms with Crippen LogP contribution < -0.4 is 0 Å². The van der Waals surface area contributed by atoms with Gasteiger partial charge in [0.1, 0.15) is 10.0 Å². The number of benzene rings is 2. The highest BCUT2D eigenvalue weighted by molar-refractivity contribution is 7.91. The summed E-state index contributed by atoms with van der Waals surface area (Å²) in [6.07, 6.45) is 0. The molecule has 1 atom stereocenters. The van der Waals surface area contributed by atoms with Gasteiger partial charge in [-0.2, -0.15) is 4.31 Å². The molecule has 8 heteroatoms. The Balaban J connectivity index is 1.50. The highest BCUT2D eigenvalue weighted by Crippen LogP contribution is 2.33. The fourth-order valence-electron chi connectivity index (χ4n) is 3.97. The van der Waals surface area contributed by atoms with Crippen molar-refractivity contribution in [1.82, 2.24) is 19.2 Å². The molecule has 30 heavy (non-hydrogen) atoms. The molecule has 1 aliphatic rings. The molecule has 0 amide bonds. The van der Waals surface area contributed by atoms with Crippen LogP contribution in [0.3, 0.4) is 0 Å². The summed E-state index contributed by atoms with van der Waals surface area (Å²) in [6.45, 7) is 2.47. The molecule has 5 rings (SSSR count). The summed E-state index contributed by atoms with van der Waals surface area (Å²) in [5.74, 6) is 0.689. The maximum Gasteiger partial charge on any atom is 0.253 e. The highest BCUT2D eigenvalue weighted by atomic mass is 32.2. The maximum absolute atomic E-state index is 13.4. The smallest absolute Gasteiger partial charge is 0.253 e. The summed E-state index contributed by atoms with van der Waals surface area (Å²) in [4.78, 5) is 10.4. The molecular weight excluding hydrogens is 416 g/mol. The van der Waals surface area contributed by atoms with E-state index in [0.29, 0.717) is 29.7 Å². The van der Waals surface area contributed by atoms with E-state index in [1.807, 2.05) is 42.5 Å². The Hall–Kier alpha value is -2.52. The van der Waals surface area contributed by atoms with Gasteiger partial charge in [0.25, 0.3) is 10.0 Å². The van der Waals surface area contributed by atoms with Crippen molar-refractivity contribution in [2.75, 3.05) is 19.6 Å². The van der Waals surface area contributed by atoms with E-state index in [1.165, 1.54) is 16.9 Å². The van der Waals surface area contributed by atoms with E-state index in [9.17, 15) is 8.42 Å². The van der Waals surface area contributed by atoms with E-state index in [0.717, 1.165) is 17.6 Å². The Bertz CT molecular complexity index is 1200. The normalized spacial score (nSPS) is 18.7. The monoisotopic (exact) mass is 438 g/mol. The first-order valence-electron chi connectivity index (χ1n) is 9.87. The van der Waals surface area contributed by atoms with Crippen molar-refractivity contribution in [3.8, 4) is 0 Å². The van der Waals surface area contributed by atoms with Crippen LogP contribution in [0.5, 0.6) is 0 Å². The third kappa shape index (κ3) is 3.67. The van der Waals surface area contributed by atoms with Gasteiger partial charge in [0, 0.05) is 26.2 Å². The SMILES string of the molecule is O=S(=O)(c1cccs1)N1CCN(Cc2ccccc2)CC1c1nc2ccccc2[nH]1. The first-order chi connectivity index (χ1) is 14.6. The van der Waals surface area contributed by atoms with Crippen LogP contribution in [0.25, 0.3) is 11.0 Å². The second-order valence-electron chi connectivity index (χ2n) is 7.42. The zero-order chi connectivity index (χ0) is 20.6. The van der Waals surface area contributed by atoms with Crippen molar-refractivity contribution >= 4 is 32.4 Å². The van der Waals surface area contributed by atoms with E-state index in [-0.39, 0.29) is 6.04 Å². The molecule has 0 saturated carbocycles. The largest absolute Gasteiger partial charge is 0.341 e. The number of fused-ring (bicyclic) bond motifs is 1. The van der Waals surface area contributed by atoms with Crippen molar-refractivity contribution in [3.05, 3.63) is 83.5 Å². The molecule has 3 heterocycles. The van der Waals surface area contributed by atoms with E-state index in [1.54, 1.807) is 21.8 Å². The number of aromatic amines is 1. The summed E-state index contributed by atoms with van der Waals surface area (Å²) in [6, 6.07) is 21.2. The predicted octanol–water partition coefficient (Wildman–Crippen LogP) is 3.87. The van der Waals surface area contributed by atoms with Gasteiger partial charge in [-0.05, 0) is 29.1 Å². The summed E-state index contributed by atoms with van der Waals surface area (Å²) >= 11 is 1.26. The minimum Gasteiger partial charge on any atom is -0.341 e. The van der Waals surface area contributed by atoms with E-state index < -0.39 is 10.0 Å². The van der Waals surface area contributed by atoms with Gasteiger partial charge >= 0.3 is 0 Å². The zero-order valence-electron chi connectivity index (χ0n) is 16.3. The van der Waals surface area contributed by atoms with Crippen LogP contribution in [0.15, 0.2) is 76.3 Å². The number of rotatable bonds is 5. The average Bonchev–Trinajstić information content (AvgIpc) is 3.45. The molecule has 1 saturated heterocycles. The molecule has 0 bridgehead atoms. The number of sulfonamides is 1. The topological polar surface area (TPSA) is 69.3 Å². The quantitative estimate of drug-likeness (QED) is 0.514. The van der Waals surface area contributed by atoms with Crippen molar-refractivity contribution in [2.24, 2.45) is 0 Å². The molecule has 6 nitrogen and oxygen atoms in total. The van der Waals surface area contributed by atoms with E-state index in [4.69, 9.17) is 4.98 Å². The first kappa shape index (κ1) is 19.4. The van der Waals surface area contributed by atoms with Gasteiger partial charge in [-0.3, -0.25) is 4.90 Å². The standard InChI is InChI=1S/C22H22N4O2S2/c27-30(28,21-11-6-14-29-21)26-13-12-25(15-17-7-2-1-3-8-17)16-20(26)22-23-18-9-4-5-10-19(18)24-22/h1-11,14,20H,12-13,15-16H2,(H,23,24). The highest BCUT2D eigenvalue weighted by Gasteiger charge is 2.39. The molecule has 1 fully saturated rings. The molecule has 154 valence electrons. The number of nitrogens with one attached hydrogen (secondary N) is 1. The molecule has 2 aromatic heterocycles. The third-order valence-electron chi connectivity index (χ3n) is 5.45. The Labute approximate surface area is 179 Å². The number of imidazole rings is 1. The lowest BCUT2D eigenvalue weighted by Crippen LogP contribution is -2.50. The van der Waals surface area contributed by atoms with Crippen molar-refractivity contribution < 1.29 is 8.42 Å². The second-order valence-corrected chi connectivity index (χ2v) is 10.5. The van der Waals surface area contributed by atoms with Crippen molar-refractivity contribution in [3.63, 3.8) is 0 Å². The molecule has 1 N–H and O–H groups in total. The average molecular weight is 439 g/mol. The van der Waals surface area contributed by atoms with E-state index >= 15 is 0 Å². The molecule has 1 aliphatic heterocycles. The minimum atomic E-state index is -3.58. The molecule has 0 aliphatic carbocycles. The van der Waals surface area contributed by atoms with Gasteiger partial charge in [-0.1, -0.05) is 48.5 Å². The third-order valence-corrected chi connectivity index (χ3v) is 8.73. The summed E-state index contributed by atoms with van der Waals surface area (Å²) in [5, 5.41) is 1.80. The minimum absolute atomic E-state index is 0.373. The molecule has 4 aromatic rings. The second kappa shape index (κ2) is 7.96. The number of hydrogen-bond donors (Lipinski definition) is 1. The van der Waals surface area contributed by atoms with Crippen LogP contribution in [-0.2, 0) is 16.6 Å². The molecule has 0 radical (unpaired) electrons. The fourth-order valence-corrected chi connectivity index (χ4v) is 6.67. The van der Waals surface area contributed by atoms with Gasteiger partial charge in [-0.25, -0.2) is 13.4 Å². The lowest BCUT2D eigenvalue weighted by molar-refractivity contribution is 0.125. The fraction of sp³-hybridized carbons (Fsp3) is 0.227. The van der Waals surface area contributed by atoms with Gasteiger partial charge < -0.3 is 4.98 Å². The summed E-state index contributed by atoms with van der Waals surface area (Å²) < 4.78 is 28.8. The van der Waals surface area contributed by atoms with Crippen molar-refractivity contribution in [1.29, 1.82) is 0 Å². The lowest BCUT2D eigenvalue weighted by atomic mass is 10.1. The molecule has 2 aromatic carbocycles. The number of aromatic nitrogens is 2. The number of piperazine rings is 1. The summed E-state index contributed by atoms with van der Waals surface area (Å²) in [5.41, 5.74) is 2.98. The van der Waals surface area contributed by atoms with Crippen LogP contribution >= 0.6 is 11.3 Å². The van der Waals surface area contributed by atoms with Crippen molar-refractivity contribution in [2.45, 2.75) is 16.8 Å². The Morgan fingerprint density at radius 1 is 1.00 bits per heavy atom. The van der Waals surface area contributed by atoms with Gasteiger partial charge in [0.2, 0.25) is 0 Å². The predicted molar refractivity (Wildman–Crippen MR) is 119 cm³/mol. The number of thiophene rings is 1. The number of nitrogens with zero attached hydrogens (tertiary/aromatic N) is 3. The van der Waals surface area contributed by atoms with Crippen LogP contribution in [0.2, 0.25) is 0 Å². The molecule has 0 spiro atoms. The maximum atomic E-state index is 13.4. The van der Waals surface area contributed by atoms with E-state index in [2.05, 4.69) is 22.0 Å². The van der Waals surface area contributed by atoms with Gasteiger partial charge in [-0.15, -0.1) is 11.3 Å². The number of para-hydroxylation sites is 2. The summed E-state index contributed by atoms with van der Waals surface area (Å²) in [7, 11) is -3.58. The van der Waals surface area contributed by atoms with Gasteiger partial charge in [0.05, 0.1) is 17.1 Å². The van der Waals surface area contributed by atoms with Crippen LogP contribution in [0.1, 0.15) is 17.4 Å². The molecule has 1 unspecified atom stereocenters. The first-order valence-corrected chi connectivity index (χ1v) is 12.2. The van der Waals surface area contributed by atoms with Crippen LogP contribution in [0, 0.1) is 0 Å². The zero-order valence-corrected chi connectivity index (χ0v) is 17.9. The Morgan fingerprint density at radius 2 is 1.80 bits per heavy atom. The van der Waals surface area contributed by atoms with Crippen LogP contribution in [0.4, 0.5) is 0 Å². The number of H-pyrrole nitrogens is 1. The Morgan fingerprint density at radius 3 is 2.57 bits per heavy atom. The van der Waals surface area contributed by atoms with Gasteiger partial charge in [0.15, 0.2) is 0 Å². The Kier molecular flexibility index (Phi) is 5.16. The number of hydrogen-bond acceptors (Lipinski definition) is 5. The lowest BCUT2D eigenvalue weighted by Gasteiger charge is -2.39.